The van der Waals surface area contributed by atoms with Crippen molar-refractivity contribution in [3.05, 3.63) is 0 Å². The fraction of sp³-hybridized carbons (Fsp3) is 1.00. The van der Waals surface area contributed by atoms with Gasteiger partial charge in [0.05, 0.1) is 0 Å². The van der Waals surface area contributed by atoms with E-state index < -0.39 is 17.4 Å². The van der Waals surface area contributed by atoms with Crippen LogP contribution in [0.4, 0.5) is 0 Å². The summed E-state index contributed by atoms with van der Waals surface area (Å²) in [5, 5.41) is 0.453. The van der Waals surface area contributed by atoms with E-state index in [0.29, 0.717) is 5.04 Å². The average Bonchev–Trinajstić information content (AvgIpc) is 2.16. The van der Waals surface area contributed by atoms with Gasteiger partial charge in [0, 0.05) is 0 Å². The molecule has 0 saturated carbocycles. The van der Waals surface area contributed by atoms with Crippen LogP contribution in [0.2, 0.25) is 24.7 Å². The highest BCUT2D eigenvalue weighted by Gasteiger charge is 2.37. The normalized spacial score (nSPS) is 20.4. The lowest BCUT2D eigenvalue weighted by molar-refractivity contribution is 0.350. The van der Waals surface area contributed by atoms with Crippen LogP contribution in [0.25, 0.3) is 0 Å². The summed E-state index contributed by atoms with van der Waals surface area (Å²) < 4.78 is 6.75. The zero-order valence-electron chi connectivity index (χ0n) is 12.0. The largest absolute Gasteiger partial charge is 0.347 e. The van der Waals surface area contributed by atoms with Crippen molar-refractivity contribution in [2.45, 2.75) is 64.7 Å². The molecular formula is C12H29N2Si2. The summed E-state index contributed by atoms with van der Waals surface area (Å²) in [5.74, 6) is 0. The maximum Gasteiger partial charge on any atom is 0.216 e. The van der Waals surface area contributed by atoms with Crippen LogP contribution in [0.5, 0.6) is 0 Å². The van der Waals surface area contributed by atoms with Crippen molar-refractivity contribution in [1.29, 1.82) is 0 Å². The third kappa shape index (κ3) is 3.69. The molecule has 1 N–H and O–H groups in total. The van der Waals surface area contributed by atoms with E-state index in [4.69, 9.17) is 0 Å². The van der Waals surface area contributed by atoms with Gasteiger partial charge in [-0.05, 0) is 37.5 Å². The molecule has 16 heavy (non-hydrogen) atoms. The van der Waals surface area contributed by atoms with Crippen LogP contribution >= 0.6 is 0 Å². The maximum absolute atomic E-state index is 4.03. The van der Waals surface area contributed by atoms with Crippen LogP contribution in [0.3, 0.4) is 0 Å². The predicted octanol–water partition coefficient (Wildman–Crippen LogP) is 3.19. The van der Waals surface area contributed by atoms with Crippen LogP contribution < -0.4 is 4.65 Å². The van der Waals surface area contributed by atoms with Gasteiger partial charge in [-0.3, -0.25) is 0 Å². The Hall–Kier alpha value is 0.354. The fourth-order valence-corrected chi connectivity index (χ4v) is 8.69. The number of nitrogens with zero attached hydrogens (tertiary/aromatic N) is 1. The van der Waals surface area contributed by atoms with E-state index in [1.54, 1.807) is 0 Å². The van der Waals surface area contributed by atoms with Gasteiger partial charge in [-0.15, -0.1) is 0 Å². The molecule has 95 valence electrons. The number of piperidine rings is 1. The van der Waals surface area contributed by atoms with Gasteiger partial charge in [0.2, 0.25) is 9.12 Å². The standard InChI is InChI=1S/C12H29N2Si2/c1-12(2,3)16(5,6)13-15(4)14-10-8-7-9-11-14/h13H,7-11H2,1-6H3. The molecule has 1 aliphatic rings. The Morgan fingerprint density at radius 2 is 1.56 bits per heavy atom. The molecule has 0 aliphatic carbocycles. The summed E-state index contributed by atoms with van der Waals surface area (Å²) in [6.07, 6.45) is 4.24. The van der Waals surface area contributed by atoms with E-state index in [1.807, 2.05) is 0 Å². The molecule has 0 atom stereocenters. The Balaban J connectivity index is 2.52. The lowest BCUT2D eigenvalue weighted by Gasteiger charge is -2.42. The van der Waals surface area contributed by atoms with Crippen molar-refractivity contribution in [2.75, 3.05) is 13.1 Å². The number of hydrogen-bond acceptors (Lipinski definition) is 2. The molecule has 1 radical (unpaired) electrons. The van der Waals surface area contributed by atoms with Gasteiger partial charge in [-0.2, -0.15) is 0 Å². The molecule has 0 spiro atoms. The monoisotopic (exact) mass is 257 g/mol. The van der Waals surface area contributed by atoms with Crippen molar-refractivity contribution >= 4 is 17.4 Å². The van der Waals surface area contributed by atoms with E-state index in [0.717, 1.165) is 0 Å². The number of rotatable bonds is 3. The summed E-state index contributed by atoms with van der Waals surface area (Å²) in [7, 11) is -1.78. The molecule has 0 aromatic heterocycles. The van der Waals surface area contributed by atoms with E-state index in [2.05, 4.69) is 49.6 Å². The molecule has 0 aromatic rings. The molecule has 0 aromatic carbocycles. The zero-order chi connectivity index (χ0) is 12.4. The van der Waals surface area contributed by atoms with Gasteiger partial charge >= 0.3 is 0 Å². The fourth-order valence-electron chi connectivity index (χ4n) is 1.95. The van der Waals surface area contributed by atoms with Gasteiger partial charge in [0.15, 0.2) is 0 Å². The molecule has 0 unspecified atom stereocenters. The van der Waals surface area contributed by atoms with Gasteiger partial charge in [0.1, 0.15) is 8.24 Å². The lowest BCUT2D eigenvalue weighted by atomic mass is 10.2. The van der Waals surface area contributed by atoms with Crippen LogP contribution in [-0.2, 0) is 0 Å². The number of hydrogen-bond donors (Lipinski definition) is 1. The Kier molecular flexibility index (Phi) is 4.81. The average molecular weight is 258 g/mol. The van der Waals surface area contributed by atoms with Crippen molar-refractivity contribution in [1.82, 2.24) is 9.21 Å². The smallest absolute Gasteiger partial charge is 0.216 e. The van der Waals surface area contributed by atoms with Gasteiger partial charge in [0.25, 0.3) is 0 Å². The van der Waals surface area contributed by atoms with Crippen LogP contribution in [0.15, 0.2) is 0 Å². The second kappa shape index (κ2) is 5.33. The van der Waals surface area contributed by atoms with Crippen molar-refractivity contribution < 1.29 is 0 Å². The summed E-state index contributed by atoms with van der Waals surface area (Å²) >= 11 is 0. The summed E-state index contributed by atoms with van der Waals surface area (Å²) in [6.45, 7) is 17.2. The van der Waals surface area contributed by atoms with Crippen molar-refractivity contribution in [3.63, 3.8) is 0 Å². The third-order valence-electron chi connectivity index (χ3n) is 4.20. The predicted molar refractivity (Wildman–Crippen MR) is 77.4 cm³/mol. The second-order valence-electron chi connectivity index (χ2n) is 6.63. The SMILES string of the molecule is C[Si](N[Si](C)(C)C(C)(C)C)N1CCCCC1. The van der Waals surface area contributed by atoms with Gasteiger partial charge in [-0.25, -0.2) is 0 Å². The van der Waals surface area contributed by atoms with E-state index in [-0.39, 0.29) is 0 Å². The molecule has 0 amide bonds. The van der Waals surface area contributed by atoms with Crippen LogP contribution in [0, 0.1) is 0 Å². The molecule has 4 heteroatoms. The molecule has 1 heterocycles. The Morgan fingerprint density at radius 3 is 2.00 bits per heavy atom. The Morgan fingerprint density at radius 1 is 1.06 bits per heavy atom. The quantitative estimate of drug-likeness (QED) is 0.781. The highest BCUT2D eigenvalue weighted by atomic mass is 28.4. The highest BCUT2D eigenvalue weighted by molar-refractivity contribution is 6.85. The summed E-state index contributed by atoms with van der Waals surface area (Å²) in [4.78, 5) is 0. The first-order valence-corrected chi connectivity index (χ1v) is 11.6. The molecule has 0 bridgehead atoms. The van der Waals surface area contributed by atoms with Crippen molar-refractivity contribution in [2.24, 2.45) is 0 Å². The highest BCUT2D eigenvalue weighted by Crippen LogP contribution is 2.34. The van der Waals surface area contributed by atoms with E-state index >= 15 is 0 Å². The van der Waals surface area contributed by atoms with E-state index in [1.165, 1.54) is 32.4 Å². The van der Waals surface area contributed by atoms with Gasteiger partial charge in [-0.1, -0.05) is 40.3 Å². The number of nitrogens with one attached hydrogen (secondary N) is 1. The van der Waals surface area contributed by atoms with Crippen molar-refractivity contribution in [3.8, 4) is 0 Å². The Labute approximate surface area is 105 Å². The zero-order valence-corrected chi connectivity index (χ0v) is 14.0. The molecule has 1 aliphatic heterocycles. The molecular weight excluding hydrogens is 228 g/mol. The minimum Gasteiger partial charge on any atom is -0.347 e. The first kappa shape index (κ1) is 14.4. The van der Waals surface area contributed by atoms with Crippen LogP contribution in [-0.4, -0.2) is 35.0 Å². The third-order valence-corrected chi connectivity index (χ3v) is 13.3. The summed E-state index contributed by atoms with van der Waals surface area (Å²) in [5.41, 5.74) is 0. The van der Waals surface area contributed by atoms with E-state index in [9.17, 15) is 0 Å². The molecule has 1 fully saturated rings. The van der Waals surface area contributed by atoms with Crippen LogP contribution in [0.1, 0.15) is 40.0 Å². The topological polar surface area (TPSA) is 15.3 Å². The molecule has 2 nitrogen and oxygen atoms in total. The molecule has 1 saturated heterocycles. The summed E-state index contributed by atoms with van der Waals surface area (Å²) in [6, 6.07) is 0. The lowest BCUT2D eigenvalue weighted by Crippen LogP contribution is -2.63. The Bertz CT molecular complexity index is 218. The minimum absolute atomic E-state index is 0.453. The second-order valence-corrected chi connectivity index (χ2v) is 14.2. The van der Waals surface area contributed by atoms with Gasteiger partial charge < -0.3 is 9.21 Å². The molecule has 1 rings (SSSR count). The minimum atomic E-state index is -1.30. The maximum atomic E-state index is 4.03. The first-order chi connectivity index (χ1) is 7.24. The first-order valence-electron chi connectivity index (χ1n) is 6.61.